The second-order valence-corrected chi connectivity index (χ2v) is 4.59. The Bertz CT molecular complexity index is 282. The summed E-state index contributed by atoms with van der Waals surface area (Å²) in [5, 5.41) is 9.83. The molecule has 2 rings (SSSR count). The van der Waals surface area contributed by atoms with Gasteiger partial charge in [0.25, 0.3) is 0 Å². The van der Waals surface area contributed by atoms with Gasteiger partial charge in [-0.25, -0.2) is 0 Å². The molecule has 15 heavy (non-hydrogen) atoms. The molecule has 2 nitrogen and oxygen atoms in total. The minimum Gasteiger partial charge on any atom is -0.393 e. The molecule has 1 aliphatic carbocycles. The van der Waals surface area contributed by atoms with Crippen LogP contribution in [-0.4, -0.2) is 16.2 Å². The Morgan fingerprint density at radius 3 is 2.93 bits per heavy atom. The minimum absolute atomic E-state index is 0.115. The highest BCUT2D eigenvalue weighted by atomic mass is 16.3. The lowest BCUT2D eigenvalue weighted by atomic mass is 9.81. The van der Waals surface area contributed by atoms with Crippen LogP contribution < -0.4 is 0 Å². The lowest BCUT2D eigenvalue weighted by Gasteiger charge is -2.27. The van der Waals surface area contributed by atoms with Crippen LogP contribution in [0, 0.1) is 5.92 Å². The predicted molar refractivity (Wildman–Crippen MR) is 60.5 cm³/mol. The third kappa shape index (κ3) is 3.31. The van der Waals surface area contributed by atoms with E-state index in [0.29, 0.717) is 0 Å². The Balaban J connectivity index is 1.68. The summed E-state index contributed by atoms with van der Waals surface area (Å²) in [7, 11) is 0. The van der Waals surface area contributed by atoms with Crippen molar-refractivity contribution in [2.24, 2.45) is 5.92 Å². The zero-order valence-corrected chi connectivity index (χ0v) is 9.10. The number of aryl methyl sites for hydroxylation is 1. The molecule has 1 fully saturated rings. The van der Waals surface area contributed by atoms with Crippen LogP contribution in [-0.2, 0) is 6.42 Å². The number of hydrogen-bond acceptors (Lipinski definition) is 2. The van der Waals surface area contributed by atoms with E-state index in [1.165, 1.54) is 24.8 Å². The van der Waals surface area contributed by atoms with Gasteiger partial charge in [0.2, 0.25) is 0 Å². The number of rotatable bonds is 5. The van der Waals surface area contributed by atoms with Crippen LogP contribution in [0.15, 0.2) is 24.5 Å². The average Bonchev–Trinajstić information content (AvgIpc) is 2.22. The van der Waals surface area contributed by atoms with E-state index in [1.807, 2.05) is 12.3 Å². The van der Waals surface area contributed by atoms with E-state index < -0.39 is 0 Å². The summed E-state index contributed by atoms with van der Waals surface area (Å²) in [6.07, 6.45) is 10.4. The highest BCUT2D eigenvalue weighted by Crippen LogP contribution is 2.31. The molecule has 1 heterocycles. The standard InChI is InChI=1S/C13H19NO/c15-13(9-11-3-1-4-11)7-6-12-5-2-8-14-10-12/h2,5,8,10-11,13,15H,1,3-4,6-7,9H2. The van der Waals surface area contributed by atoms with E-state index in [9.17, 15) is 5.11 Å². The van der Waals surface area contributed by atoms with Crippen LogP contribution in [0.2, 0.25) is 0 Å². The maximum Gasteiger partial charge on any atom is 0.0546 e. The molecule has 1 atom stereocenters. The third-order valence-electron chi connectivity index (χ3n) is 3.32. The smallest absolute Gasteiger partial charge is 0.0546 e. The summed E-state index contributed by atoms with van der Waals surface area (Å²) in [6, 6.07) is 4.02. The molecule has 1 N–H and O–H groups in total. The van der Waals surface area contributed by atoms with Gasteiger partial charge in [0.05, 0.1) is 6.10 Å². The van der Waals surface area contributed by atoms with Crippen molar-refractivity contribution in [3.63, 3.8) is 0 Å². The van der Waals surface area contributed by atoms with Crippen LogP contribution in [0.3, 0.4) is 0 Å². The highest BCUT2D eigenvalue weighted by Gasteiger charge is 2.20. The predicted octanol–water partition coefficient (Wildman–Crippen LogP) is 2.57. The van der Waals surface area contributed by atoms with E-state index in [-0.39, 0.29) is 6.10 Å². The molecule has 0 radical (unpaired) electrons. The topological polar surface area (TPSA) is 33.1 Å². The number of hydrogen-bond donors (Lipinski definition) is 1. The molecule has 1 aliphatic rings. The highest BCUT2D eigenvalue weighted by molar-refractivity contribution is 5.08. The molecule has 0 aliphatic heterocycles. The maximum atomic E-state index is 9.83. The van der Waals surface area contributed by atoms with Crippen molar-refractivity contribution in [1.29, 1.82) is 0 Å². The van der Waals surface area contributed by atoms with Crippen molar-refractivity contribution in [2.45, 2.75) is 44.6 Å². The molecule has 1 saturated carbocycles. The molecule has 1 aromatic rings. The van der Waals surface area contributed by atoms with Crippen LogP contribution in [0.1, 0.15) is 37.7 Å². The first-order valence-corrected chi connectivity index (χ1v) is 5.91. The second-order valence-electron chi connectivity index (χ2n) is 4.59. The van der Waals surface area contributed by atoms with Gasteiger partial charge >= 0.3 is 0 Å². The van der Waals surface area contributed by atoms with Crippen LogP contribution in [0.4, 0.5) is 0 Å². The Hall–Kier alpha value is -0.890. The molecular weight excluding hydrogens is 186 g/mol. The molecule has 82 valence electrons. The van der Waals surface area contributed by atoms with Gasteiger partial charge in [-0.05, 0) is 36.8 Å². The molecule has 2 heteroatoms. The monoisotopic (exact) mass is 205 g/mol. The molecular formula is C13H19NO. The first-order chi connectivity index (χ1) is 7.34. The fraction of sp³-hybridized carbons (Fsp3) is 0.615. The molecule has 0 amide bonds. The summed E-state index contributed by atoms with van der Waals surface area (Å²) in [5.41, 5.74) is 1.23. The summed E-state index contributed by atoms with van der Waals surface area (Å²) in [6.45, 7) is 0. The van der Waals surface area contributed by atoms with Crippen molar-refractivity contribution < 1.29 is 5.11 Å². The van der Waals surface area contributed by atoms with E-state index >= 15 is 0 Å². The van der Waals surface area contributed by atoms with Gasteiger partial charge in [-0.3, -0.25) is 4.98 Å². The fourth-order valence-corrected chi connectivity index (χ4v) is 2.11. The SMILES string of the molecule is OC(CCc1cccnc1)CC1CCC1. The number of aliphatic hydroxyl groups is 1. The van der Waals surface area contributed by atoms with Crippen molar-refractivity contribution in [3.8, 4) is 0 Å². The Morgan fingerprint density at radius 2 is 2.33 bits per heavy atom. The maximum absolute atomic E-state index is 9.83. The lowest BCUT2D eigenvalue weighted by molar-refractivity contribution is 0.110. The third-order valence-corrected chi connectivity index (χ3v) is 3.32. The zero-order valence-electron chi connectivity index (χ0n) is 9.10. The molecule has 0 aromatic carbocycles. The van der Waals surface area contributed by atoms with Gasteiger partial charge in [0, 0.05) is 12.4 Å². The van der Waals surface area contributed by atoms with Crippen molar-refractivity contribution in [3.05, 3.63) is 30.1 Å². The normalized spacial score (nSPS) is 18.5. The van der Waals surface area contributed by atoms with Gasteiger partial charge in [0.15, 0.2) is 0 Å². The van der Waals surface area contributed by atoms with Crippen molar-refractivity contribution >= 4 is 0 Å². The fourth-order valence-electron chi connectivity index (χ4n) is 2.11. The summed E-state index contributed by atoms with van der Waals surface area (Å²) >= 11 is 0. The summed E-state index contributed by atoms with van der Waals surface area (Å²) in [4.78, 5) is 4.07. The van der Waals surface area contributed by atoms with E-state index in [0.717, 1.165) is 25.2 Å². The summed E-state index contributed by atoms with van der Waals surface area (Å²) in [5.74, 6) is 0.800. The zero-order chi connectivity index (χ0) is 10.5. The molecule has 1 aromatic heterocycles. The number of aliphatic hydroxyl groups excluding tert-OH is 1. The molecule has 0 spiro atoms. The Morgan fingerprint density at radius 1 is 1.47 bits per heavy atom. The minimum atomic E-state index is -0.115. The lowest BCUT2D eigenvalue weighted by Crippen LogP contribution is -2.19. The molecule has 0 saturated heterocycles. The average molecular weight is 205 g/mol. The van der Waals surface area contributed by atoms with Gasteiger partial charge in [-0.15, -0.1) is 0 Å². The van der Waals surface area contributed by atoms with Crippen molar-refractivity contribution in [1.82, 2.24) is 4.98 Å². The van der Waals surface area contributed by atoms with Crippen LogP contribution in [0.25, 0.3) is 0 Å². The Labute approximate surface area is 91.4 Å². The van der Waals surface area contributed by atoms with Gasteiger partial charge in [-0.1, -0.05) is 25.3 Å². The van der Waals surface area contributed by atoms with Gasteiger partial charge < -0.3 is 5.11 Å². The number of nitrogens with zero attached hydrogens (tertiary/aromatic N) is 1. The number of pyridine rings is 1. The summed E-state index contributed by atoms with van der Waals surface area (Å²) < 4.78 is 0. The first kappa shape index (κ1) is 10.6. The molecule has 0 bridgehead atoms. The van der Waals surface area contributed by atoms with E-state index in [4.69, 9.17) is 0 Å². The van der Waals surface area contributed by atoms with Crippen molar-refractivity contribution in [2.75, 3.05) is 0 Å². The Kier molecular flexibility index (Phi) is 3.73. The largest absolute Gasteiger partial charge is 0.393 e. The number of aromatic nitrogens is 1. The van der Waals surface area contributed by atoms with E-state index in [1.54, 1.807) is 6.20 Å². The second kappa shape index (κ2) is 5.26. The van der Waals surface area contributed by atoms with Crippen LogP contribution >= 0.6 is 0 Å². The van der Waals surface area contributed by atoms with E-state index in [2.05, 4.69) is 11.1 Å². The van der Waals surface area contributed by atoms with Crippen LogP contribution in [0.5, 0.6) is 0 Å². The quantitative estimate of drug-likeness (QED) is 0.801. The molecule has 1 unspecified atom stereocenters. The first-order valence-electron chi connectivity index (χ1n) is 5.91. The van der Waals surface area contributed by atoms with Gasteiger partial charge in [-0.2, -0.15) is 0 Å². The van der Waals surface area contributed by atoms with Gasteiger partial charge in [0.1, 0.15) is 0 Å².